The van der Waals surface area contributed by atoms with Gasteiger partial charge in [-0.05, 0) is 66.1 Å². The summed E-state index contributed by atoms with van der Waals surface area (Å²) in [7, 11) is 3.20. The maximum absolute atomic E-state index is 13.4. The van der Waals surface area contributed by atoms with Crippen LogP contribution in [0.5, 0.6) is 11.5 Å². The number of anilines is 1. The highest BCUT2D eigenvalue weighted by Gasteiger charge is 2.44. The second-order valence-electron chi connectivity index (χ2n) is 12.7. The number of carbonyl (C=O) groups excluding carboxylic acids is 3. The lowest BCUT2D eigenvalue weighted by atomic mass is 9.80. The van der Waals surface area contributed by atoms with Crippen molar-refractivity contribution in [2.24, 2.45) is 0 Å². The molecule has 1 aromatic heterocycles. The van der Waals surface area contributed by atoms with Crippen LogP contribution in [0.15, 0.2) is 126 Å². The third kappa shape index (κ3) is 8.57. The number of methoxy groups -OCH3 is 2. The number of aromatic nitrogens is 2. The Morgan fingerprint density at radius 2 is 1.37 bits per heavy atom. The van der Waals surface area contributed by atoms with Crippen molar-refractivity contribution >= 4 is 23.5 Å². The maximum Gasteiger partial charge on any atom is 0.351 e. The van der Waals surface area contributed by atoms with Crippen LogP contribution in [-0.4, -0.2) is 60.2 Å². The molecule has 0 bridgehead atoms. The van der Waals surface area contributed by atoms with Crippen LogP contribution in [0, 0.1) is 0 Å². The zero-order valence-corrected chi connectivity index (χ0v) is 30.2. The average Bonchev–Trinajstić information content (AvgIpc) is 3.60. The van der Waals surface area contributed by atoms with E-state index in [-0.39, 0.29) is 37.5 Å². The SMILES string of the molecule is COc1ccc(C(OC[C@H]2O[C@@H](n3ccc(NC(=O)c4ccccc4)nc3=O)C[C@@H]2OC(=O)CCC(C)=O)(c2ccccc2)c2ccc(OC)cc2)cc1. The van der Waals surface area contributed by atoms with E-state index >= 15 is 0 Å². The predicted molar refractivity (Wildman–Crippen MR) is 199 cm³/mol. The fourth-order valence-corrected chi connectivity index (χ4v) is 6.41. The molecule has 1 aliphatic rings. The number of Topliss-reactive ketones (excluding diaryl/α,β-unsaturated/α-hetero) is 1. The molecule has 278 valence electrons. The highest BCUT2D eigenvalue weighted by Crippen LogP contribution is 2.43. The third-order valence-corrected chi connectivity index (χ3v) is 9.20. The Bertz CT molecular complexity index is 2060. The van der Waals surface area contributed by atoms with Crippen molar-refractivity contribution in [3.05, 3.63) is 154 Å². The molecule has 0 unspecified atom stereocenters. The third-order valence-electron chi connectivity index (χ3n) is 9.20. The molecule has 12 heteroatoms. The van der Waals surface area contributed by atoms with Crippen molar-refractivity contribution in [3.63, 3.8) is 0 Å². The molecular formula is C42H41N3O9. The summed E-state index contributed by atoms with van der Waals surface area (Å²) in [6.07, 6.45) is -1.09. The Balaban J connectivity index is 1.33. The van der Waals surface area contributed by atoms with E-state index in [4.69, 9.17) is 23.7 Å². The maximum atomic E-state index is 13.4. The van der Waals surface area contributed by atoms with Gasteiger partial charge in [0.1, 0.15) is 47.1 Å². The van der Waals surface area contributed by atoms with Gasteiger partial charge in [0, 0.05) is 24.6 Å². The molecule has 4 aromatic carbocycles. The monoisotopic (exact) mass is 731 g/mol. The standard InChI is InChI=1S/C42H41N3O9/c1-28(46)14-23-39(47)54-35-26-38(45-25-24-37(44-41(45)49)43-40(48)29-10-6-4-7-11-29)53-36(35)27-52-42(30-12-8-5-9-13-30,31-15-19-33(50-2)20-16-31)32-17-21-34(51-3)22-18-32/h4-13,15-22,24-25,35-36,38H,14,23,26-27H2,1-3H3,(H,43,44,48,49)/t35-,36+,38+/m0/s1. The topological polar surface area (TPSA) is 144 Å². The van der Waals surface area contributed by atoms with Gasteiger partial charge >= 0.3 is 11.7 Å². The van der Waals surface area contributed by atoms with Gasteiger partial charge in [0.05, 0.1) is 27.2 Å². The van der Waals surface area contributed by atoms with Crippen molar-refractivity contribution in [2.75, 3.05) is 26.1 Å². The first kappa shape index (κ1) is 37.6. The number of rotatable bonds is 15. The van der Waals surface area contributed by atoms with Gasteiger partial charge < -0.3 is 33.8 Å². The molecule has 12 nitrogen and oxygen atoms in total. The quantitative estimate of drug-likeness (QED) is 0.0993. The normalized spacial score (nSPS) is 16.7. The molecule has 54 heavy (non-hydrogen) atoms. The Labute approximate surface area is 312 Å². The first-order valence-corrected chi connectivity index (χ1v) is 17.5. The second kappa shape index (κ2) is 17.1. The van der Waals surface area contributed by atoms with Gasteiger partial charge in [0.15, 0.2) is 0 Å². The molecule has 3 atom stereocenters. The Hall–Kier alpha value is -6.11. The largest absolute Gasteiger partial charge is 0.497 e. The number of amides is 1. The van der Waals surface area contributed by atoms with Gasteiger partial charge in [-0.15, -0.1) is 0 Å². The van der Waals surface area contributed by atoms with Crippen molar-refractivity contribution < 1.29 is 38.1 Å². The molecule has 1 fully saturated rings. The van der Waals surface area contributed by atoms with Crippen molar-refractivity contribution in [3.8, 4) is 11.5 Å². The van der Waals surface area contributed by atoms with E-state index in [1.165, 1.54) is 23.8 Å². The van der Waals surface area contributed by atoms with E-state index in [0.29, 0.717) is 17.1 Å². The Morgan fingerprint density at radius 1 is 0.796 bits per heavy atom. The second-order valence-corrected chi connectivity index (χ2v) is 12.7. The van der Waals surface area contributed by atoms with Crippen molar-refractivity contribution in [2.45, 2.75) is 50.2 Å². The van der Waals surface area contributed by atoms with E-state index in [0.717, 1.165) is 16.7 Å². The molecule has 0 spiro atoms. The number of nitrogens with zero attached hydrogens (tertiary/aromatic N) is 2. The van der Waals surface area contributed by atoms with Gasteiger partial charge in [-0.2, -0.15) is 4.98 Å². The molecular weight excluding hydrogens is 690 g/mol. The summed E-state index contributed by atoms with van der Waals surface area (Å²) >= 11 is 0. The molecule has 1 N–H and O–H groups in total. The molecule has 1 aliphatic heterocycles. The fourth-order valence-electron chi connectivity index (χ4n) is 6.41. The van der Waals surface area contributed by atoms with Gasteiger partial charge in [-0.3, -0.25) is 14.2 Å². The molecule has 5 aromatic rings. The Morgan fingerprint density at radius 3 is 1.93 bits per heavy atom. The number of esters is 1. The summed E-state index contributed by atoms with van der Waals surface area (Å²) in [4.78, 5) is 54.8. The van der Waals surface area contributed by atoms with Crippen molar-refractivity contribution in [1.29, 1.82) is 0 Å². The molecule has 6 rings (SSSR count). The number of ether oxygens (including phenoxy) is 5. The zero-order valence-electron chi connectivity index (χ0n) is 30.2. The summed E-state index contributed by atoms with van der Waals surface area (Å²) in [5.74, 6) is 0.272. The van der Waals surface area contributed by atoms with Crippen LogP contribution in [-0.2, 0) is 29.4 Å². The lowest BCUT2D eigenvalue weighted by molar-refractivity contribution is -0.156. The van der Waals surface area contributed by atoms with Crippen LogP contribution in [0.3, 0.4) is 0 Å². The number of hydrogen-bond acceptors (Lipinski definition) is 10. The van der Waals surface area contributed by atoms with E-state index in [2.05, 4.69) is 10.3 Å². The molecule has 0 saturated carbocycles. The number of hydrogen-bond donors (Lipinski definition) is 1. The van der Waals surface area contributed by atoms with Gasteiger partial charge in [0.25, 0.3) is 5.91 Å². The van der Waals surface area contributed by atoms with Crippen LogP contribution in [0.25, 0.3) is 0 Å². The smallest absolute Gasteiger partial charge is 0.351 e. The van der Waals surface area contributed by atoms with E-state index in [1.807, 2.05) is 78.9 Å². The molecule has 0 radical (unpaired) electrons. The minimum atomic E-state index is -1.19. The molecule has 2 heterocycles. The van der Waals surface area contributed by atoms with Gasteiger partial charge in [0.2, 0.25) is 0 Å². The van der Waals surface area contributed by atoms with Crippen LogP contribution in [0.1, 0.15) is 59.5 Å². The summed E-state index contributed by atoms with van der Waals surface area (Å²) in [5.41, 5.74) is 0.940. The fraction of sp³-hybridized carbons (Fsp3) is 0.262. The highest BCUT2D eigenvalue weighted by atomic mass is 16.6. The first-order chi connectivity index (χ1) is 26.2. The molecule has 1 saturated heterocycles. The lowest BCUT2D eigenvalue weighted by Gasteiger charge is -2.37. The zero-order chi connectivity index (χ0) is 38.1. The van der Waals surface area contributed by atoms with Crippen LogP contribution in [0.2, 0.25) is 0 Å². The van der Waals surface area contributed by atoms with E-state index in [1.54, 1.807) is 44.6 Å². The first-order valence-electron chi connectivity index (χ1n) is 17.5. The molecule has 1 amide bonds. The summed E-state index contributed by atoms with van der Waals surface area (Å²) in [6, 6.07) is 34.9. The Kier molecular flexibility index (Phi) is 12.0. The predicted octanol–water partition coefficient (Wildman–Crippen LogP) is 6.09. The summed E-state index contributed by atoms with van der Waals surface area (Å²) < 4.78 is 31.6. The average molecular weight is 732 g/mol. The summed E-state index contributed by atoms with van der Waals surface area (Å²) in [5, 5.41) is 2.64. The van der Waals surface area contributed by atoms with Crippen LogP contribution in [0.4, 0.5) is 5.82 Å². The minimum absolute atomic E-state index is 0.0304. The number of carbonyl (C=O) groups is 3. The number of ketones is 1. The molecule has 0 aliphatic carbocycles. The van der Waals surface area contributed by atoms with Crippen LogP contribution >= 0.6 is 0 Å². The number of benzene rings is 4. The minimum Gasteiger partial charge on any atom is -0.497 e. The lowest BCUT2D eigenvalue weighted by Crippen LogP contribution is -2.39. The van der Waals surface area contributed by atoms with Gasteiger partial charge in [-0.1, -0.05) is 72.8 Å². The van der Waals surface area contributed by atoms with Crippen molar-refractivity contribution in [1.82, 2.24) is 9.55 Å². The van der Waals surface area contributed by atoms with Crippen LogP contribution < -0.4 is 20.5 Å². The number of nitrogens with one attached hydrogen (secondary N) is 1. The van der Waals surface area contributed by atoms with E-state index in [9.17, 15) is 19.2 Å². The van der Waals surface area contributed by atoms with E-state index < -0.39 is 41.6 Å². The summed E-state index contributed by atoms with van der Waals surface area (Å²) in [6.45, 7) is 1.33. The highest BCUT2D eigenvalue weighted by molar-refractivity contribution is 6.03. The van der Waals surface area contributed by atoms with Gasteiger partial charge in [-0.25, -0.2) is 4.79 Å².